The molecular formula is C16H19NO4. The van der Waals surface area contributed by atoms with Crippen LogP contribution in [0.2, 0.25) is 0 Å². The Labute approximate surface area is 123 Å². The number of hydrogen-bond donors (Lipinski definition) is 1. The molecule has 0 spiro atoms. The normalized spacial score (nSPS) is 20.9. The van der Waals surface area contributed by atoms with E-state index < -0.39 is 6.09 Å². The quantitative estimate of drug-likeness (QED) is 0.683. The standard InChI is InChI=1S/C16H19NO4/c1-11-8-13(15(18)20-2)14(9-11)17-16(19)21-10-12-6-4-3-5-7-12/h3-7,13-14H,1,8-10H2,2H3,(H,17,19)/t13-,14+/m0/s1. The molecule has 1 N–H and O–H groups in total. The molecule has 1 aromatic carbocycles. The van der Waals surface area contributed by atoms with Crippen molar-refractivity contribution in [3.05, 3.63) is 48.0 Å². The van der Waals surface area contributed by atoms with Crippen LogP contribution in [-0.4, -0.2) is 25.2 Å². The summed E-state index contributed by atoms with van der Waals surface area (Å²) < 4.78 is 9.91. The second-order valence-corrected chi connectivity index (χ2v) is 5.10. The number of methoxy groups -OCH3 is 1. The topological polar surface area (TPSA) is 64.6 Å². The van der Waals surface area contributed by atoms with Gasteiger partial charge in [0.15, 0.2) is 0 Å². The summed E-state index contributed by atoms with van der Waals surface area (Å²) in [6.45, 7) is 4.07. The Hall–Kier alpha value is -2.30. The maximum Gasteiger partial charge on any atom is 0.407 e. The Balaban J connectivity index is 1.86. The van der Waals surface area contributed by atoms with E-state index in [2.05, 4.69) is 11.9 Å². The highest BCUT2D eigenvalue weighted by molar-refractivity contribution is 5.76. The number of amides is 1. The van der Waals surface area contributed by atoms with E-state index in [1.165, 1.54) is 7.11 Å². The average Bonchev–Trinajstić information content (AvgIpc) is 2.86. The maximum absolute atomic E-state index is 11.8. The lowest BCUT2D eigenvalue weighted by atomic mass is 10.0. The minimum absolute atomic E-state index is 0.198. The first-order valence-corrected chi connectivity index (χ1v) is 6.82. The first-order valence-electron chi connectivity index (χ1n) is 6.82. The molecule has 1 aliphatic rings. The van der Waals surface area contributed by atoms with Crippen LogP contribution in [0.3, 0.4) is 0 Å². The number of rotatable bonds is 4. The minimum Gasteiger partial charge on any atom is -0.469 e. The third kappa shape index (κ3) is 4.08. The molecule has 0 bridgehead atoms. The second-order valence-electron chi connectivity index (χ2n) is 5.10. The molecule has 1 saturated carbocycles. The molecule has 1 aliphatic carbocycles. The van der Waals surface area contributed by atoms with Crippen molar-refractivity contribution >= 4 is 12.1 Å². The van der Waals surface area contributed by atoms with Crippen molar-refractivity contribution in [3.63, 3.8) is 0 Å². The third-order valence-electron chi connectivity index (χ3n) is 3.52. The number of benzene rings is 1. The molecule has 112 valence electrons. The van der Waals surface area contributed by atoms with E-state index in [-0.39, 0.29) is 24.5 Å². The molecule has 2 atom stereocenters. The van der Waals surface area contributed by atoms with Gasteiger partial charge in [0.05, 0.1) is 13.0 Å². The van der Waals surface area contributed by atoms with E-state index in [9.17, 15) is 9.59 Å². The molecule has 5 nitrogen and oxygen atoms in total. The zero-order valence-corrected chi connectivity index (χ0v) is 12.0. The van der Waals surface area contributed by atoms with Crippen LogP contribution in [-0.2, 0) is 20.9 Å². The molecular weight excluding hydrogens is 270 g/mol. The van der Waals surface area contributed by atoms with Gasteiger partial charge in [-0.2, -0.15) is 0 Å². The Morgan fingerprint density at radius 2 is 2.00 bits per heavy atom. The van der Waals surface area contributed by atoms with Gasteiger partial charge in [-0.3, -0.25) is 4.79 Å². The van der Waals surface area contributed by atoms with Gasteiger partial charge >= 0.3 is 12.1 Å². The van der Waals surface area contributed by atoms with Crippen molar-refractivity contribution in [1.82, 2.24) is 5.32 Å². The van der Waals surface area contributed by atoms with Crippen LogP contribution in [0.25, 0.3) is 0 Å². The molecule has 0 aromatic heterocycles. The van der Waals surface area contributed by atoms with Gasteiger partial charge in [-0.25, -0.2) is 4.79 Å². The molecule has 0 radical (unpaired) electrons. The molecule has 1 aromatic rings. The number of alkyl carbamates (subject to hydrolysis) is 1. The first-order chi connectivity index (χ1) is 10.1. The first kappa shape index (κ1) is 15.1. The summed E-state index contributed by atoms with van der Waals surface area (Å²) in [5.74, 6) is -0.714. The van der Waals surface area contributed by atoms with Crippen molar-refractivity contribution in [3.8, 4) is 0 Å². The Morgan fingerprint density at radius 3 is 2.67 bits per heavy atom. The predicted octanol–water partition coefficient (Wildman–Crippen LogP) is 2.42. The van der Waals surface area contributed by atoms with E-state index in [0.717, 1.165) is 11.1 Å². The summed E-state index contributed by atoms with van der Waals surface area (Å²) in [6, 6.07) is 9.10. The lowest BCUT2D eigenvalue weighted by Gasteiger charge is -2.18. The molecule has 5 heteroatoms. The molecule has 0 unspecified atom stereocenters. The fourth-order valence-corrected chi connectivity index (χ4v) is 2.46. The molecule has 0 aliphatic heterocycles. The van der Waals surface area contributed by atoms with Crippen LogP contribution in [0.1, 0.15) is 18.4 Å². The van der Waals surface area contributed by atoms with E-state index in [1.54, 1.807) is 0 Å². The van der Waals surface area contributed by atoms with E-state index in [4.69, 9.17) is 9.47 Å². The Bertz CT molecular complexity index is 526. The fraction of sp³-hybridized carbons (Fsp3) is 0.375. The molecule has 21 heavy (non-hydrogen) atoms. The molecule has 0 saturated heterocycles. The van der Waals surface area contributed by atoms with Gasteiger partial charge < -0.3 is 14.8 Å². The molecule has 1 fully saturated rings. The van der Waals surface area contributed by atoms with Crippen molar-refractivity contribution < 1.29 is 19.1 Å². The van der Waals surface area contributed by atoms with Crippen LogP contribution >= 0.6 is 0 Å². The van der Waals surface area contributed by atoms with Gasteiger partial charge in [-0.15, -0.1) is 0 Å². The highest BCUT2D eigenvalue weighted by Gasteiger charge is 2.37. The number of carbonyl (C=O) groups excluding carboxylic acids is 2. The monoisotopic (exact) mass is 289 g/mol. The van der Waals surface area contributed by atoms with Crippen molar-refractivity contribution in [2.45, 2.75) is 25.5 Å². The van der Waals surface area contributed by atoms with Gasteiger partial charge in [0.1, 0.15) is 6.61 Å². The summed E-state index contributed by atoms with van der Waals surface area (Å²) in [7, 11) is 1.34. The van der Waals surface area contributed by atoms with Gasteiger partial charge in [0, 0.05) is 6.04 Å². The van der Waals surface area contributed by atoms with Gasteiger partial charge in [-0.1, -0.05) is 42.5 Å². The Kier molecular flexibility index (Phi) is 4.98. The summed E-state index contributed by atoms with van der Waals surface area (Å²) >= 11 is 0. The lowest BCUT2D eigenvalue weighted by molar-refractivity contribution is -0.145. The molecule has 0 heterocycles. The summed E-state index contributed by atoms with van der Waals surface area (Å²) in [5, 5.41) is 2.72. The summed E-state index contributed by atoms with van der Waals surface area (Å²) in [4.78, 5) is 23.5. The number of ether oxygens (including phenoxy) is 2. The van der Waals surface area contributed by atoms with Crippen LogP contribution in [0.5, 0.6) is 0 Å². The van der Waals surface area contributed by atoms with Gasteiger partial charge in [0.2, 0.25) is 0 Å². The highest BCUT2D eigenvalue weighted by Crippen LogP contribution is 2.30. The van der Waals surface area contributed by atoms with Crippen LogP contribution < -0.4 is 5.32 Å². The number of nitrogens with one attached hydrogen (secondary N) is 1. The largest absolute Gasteiger partial charge is 0.469 e. The third-order valence-corrected chi connectivity index (χ3v) is 3.52. The highest BCUT2D eigenvalue weighted by atomic mass is 16.5. The number of esters is 1. The van der Waals surface area contributed by atoms with E-state index >= 15 is 0 Å². The van der Waals surface area contributed by atoms with Gasteiger partial charge in [-0.05, 0) is 18.4 Å². The molecule has 2 rings (SSSR count). The summed E-state index contributed by atoms with van der Waals surface area (Å²) in [5.41, 5.74) is 1.84. The number of hydrogen-bond acceptors (Lipinski definition) is 4. The zero-order valence-electron chi connectivity index (χ0n) is 12.0. The van der Waals surface area contributed by atoms with E-state index in [1.807, 2.05) is 30.3 Å². The van der Waals surface area contributed by atoms with E-state index in [0.29, 0.717) is 12.8 Å². The zero-order chi connectivity index (χ0) is 15.2. The average molecular weight is 289 g/mol. The minimum atomic E-state index is -0.535. The summed E-state index contributed by atoms with van der Waals surface area (Å²) in [6.07, 6.45) is 0.573. The second kappa shape index (κ2) is 6.92. The predicted molar refractivity (Wildman–Crippen MR) is 77.4 cm³/mol. The fourth-order valence-electron chi connectivity index (χ4n) is 2.46. The Morgan fingerprint density at radius 1 is 1.29 bits per heavy atom. The smallest absolute Gasteiger partial charge is 0.407 e. The SMILES string of the molecule is C=C1C[C@H](C(=O)OC)[C@H](NC(=O)OCc2ccccc2)C1. The van der Waals surface area contributed by atoms with Gasteiger partial charge in [0.25, 0.3) is 0 Å². The van der Waals surface area contributed by atoms with Crippen molar-refractivity contribution in [1.29, 1.82) is 0 Å². The number of carbonyl (C=O) groups is 2. The van der Waals surface area contributed by atoms with Crippen LogP contribution in [0.4, 0.5) is 4.79 Å². The van der Waals surface area contributed by atoms with Crippen LogP contribution in [0.15, 0.2) is 42.5 Å². The lowest BCUT2D eigenvalue weighted by Crippen LogP contribution is -2.40. The molecule has 1 amide bonds. The van der Waals surface area contributed by atoms with Crippen LogP contribution in [0, 0.1) is 5.92 Å². The van der Waals surface area contributed by atoms with Crippen molar-refractivity contribution in [2.75, 3.05) is 7.11 Å². The van der Waals surface area contributed by atoms with Crippen molar-refractivity contribution in [2.24, 2.45) is 5.92 Å². The maximum atomic E-state index is 11.8.